The van der Waals surface area contributed by atoms with E-state index in [0.29, 0.717) is 11.6 Å². The molecule has 0 saturated heterocycles. The number of anilines is 1. The number of azide groups is 1. The average molecular weight is 211 g/mol. The van der Waals surface area contributed by atoms with Gasteiger partial charge in [-0.2, -0.15) is 0 Å². The molecule has 0 aliphatic rings. The van der Waals surface area contributed by atoms with Crippen LogP contribution in [-0.4, -0.2) is 14.1 Å². The Morgan fingerprint density at radius 1 is 1.50 bits per heavy atom. The average Bonchev–Trinajstić information content (AvgIpc) is 2.16. The van der Waals surface area contributed by atoms with E-state index in [0.717, 1.165) is 11.3 Å². The number of halogens is 1. The maximum atomic E-state index is 8.18. The molecule has 5 heteroatoms. The summed E-state index contributed by atoms with van der Waals surface area (Å²) in [6, 6.07) is 5.57. The predicted octanol–water partition coefficient (Wildman–Crippen LogP) is 3.22. The normalized spacial score (nSPS) is 9.36. The van der Waals surface area contributed by atoms with Crippen molar-refractivity contribution in [1.82, 2.24) is 0 Å². The van der Waals surface area contributed by atoms with Gasteiger partial charge in [-0.25, -0.2) is 0 Å². The second kappa shape index (κ2) is 4.74. The van der Waals surface area contributed by atoms with Gasteiger partial charge in [-0.15, -0.1) is 0 Å². The Morgan fingerprint density at radius 2 is 2.21 bits per heavy atom. The molecule has 74 valence electrons. The fourth-order valence-electron chi connectivity index (χ4n) is 1.11. The summed E-state index contributed by atoms with van der Waals surface area (Å²) in [5.74, 6) is 0. The van der Waals surface area contributed by atoms with Gasteiger partial charge in [0, 0.05) is 19.0 Å². The zero-order valence-electron chi connectivity index (χ0n) is 8.11. The lowest BCUT2D eigenvalue weighted by Gasteiger charge is -2.15. The maximum Gasteiger partial charge on any atom is 0.0639 e. The molecule has 0 N–H and O–H groups in total. The first-order valence-corrected chi connectivity index (χ1v) is 4.49. The third-order valence-corrected chi connectivity index (χ3v) is 2.13. The third kappa shape index (κ3) is 2.55. The van der Waals surface area contributed by atoms with Crippen molar-refractivity contribution in [2.24, 2.45) is 5.11 Å². The van der Waals surface area contributed by atoms with E-state index in [2.05, 4.69) is 10.0 Å². The molecular formula is C9H11ClN4. The highest BCUT2D eigenvalue weighted by Crippen LogP contribution is 2.25. The molecule has 0 aromatic heterocycles. The summed E-state index contributed by atoms with van der Waals surface area (Å²) in [6.45, 7) is 0.356. The van der Waals surface area contributed by atoms with Gasteiger partial charge in [0.1, 0.15) is 0 Å². The first-order valence-electron chi connectivity index (χ1n) is 4.11. The molecule has 0 bridgehead atoms. The largest absolute Gasteiger partial charge is 0.376 e. The van der Waals surface area contributed by atoms with Gasteiger partial charge in [0.25, 0.3) is 0 Å². The van der Waals surface area contributed by atoms with E-state index in [9.17, 15) is 0 Å². The van der Waals surface area contributed by atoms with Gasteiger partial charge in [0.15, 0.2) is 0 Å². The van der Waals surface area contributed by atoms with E-state index in [-0.39, 0.29) is 0 Å². The van der Waals surface area contributed by atoms with Crippen molar-refractivity contribution >= 4 is 17.3 Å². The molecule has 0 heterocycles. The molecule has 1 aromatic rings. The Balaban J connectivity index is 2.99. The van der Waals surface area contributed by atoms with Crippen LogP contribution in [-0.2, 0) is 6.54 Å². The van der Waals surface area contributed by atoms with Gasteiger partial charge in [0.05, 0.1) is 17.3 Å². The summed E-state index contributed by atoms with van der Waals surface area (Å²) in [6.07, 6.45) is 0. The molecule has 0 saturated carbocycles. The molecule has 14 heavy (non-hydrogen) atoms. The van der Waals surface area contributed by atoms with Crippen molar-refractivity contribution in [3.8, 4) is 0 Å². The Labute approximate surface area is 87.7 Å². The summed E-state index contributed by atoms with van der Waals surface area (Å²) in [5.41, 5.74) is 10.1. The van der Waals surface area contributed by atoms with E-state index in [1.54, 1.807) is 6.07 Å². The zero-order valence-corrected chi connectivity index (χ0v) is 8.86. The fourth-order valence-corrected chi connectivity index (χ4v) is 1.40. The summed E-state index contributed by atoms with van der Waals surface area (Å²) >= 11 is 5.98. The second-order valence-electron chi connectivity index (χ2n) is 3.07. The number of benzene rings is 1. The highest BCUT2D eigenvalue weighted by molar-refractivity contribution is 6.33. The maximum absolute atomic E-state index is 8.18. The van der Waals surface area contributed by atoms with Gasteiger partial charge in [-0.05, 0) is 23.2 Å². The number of nitrogens with zero attached hydrogens (tertiary/aromatic N) is 4. The van der Waals surface area contributed by atoms with Crippen LogP contribution in [0.5, 0.6) is 0 Å². The lowest BCUT2D eigenvalue weighted by molar-refractivity contribution is 1.04. The van der Waals surface area contributed by atoms with Gasteiger partial charge in [0.2, 0.25) is 0 Å². The van der Waals surface area contributed by atoms with Crippen LogP contribution in [0.4, 0.5) is 5.69 Å². The van der Waals surface area contributed by atoms with Gasteiger partial charge in [-0.3, -0.25) is 0 Å². The number of hydrogen-bond donors (Lipinski definition) is 0. The third-order valence-electron chi connectivity index (χ3n) is 1.81. The molecule has 0 radical (unpaired) electrons. The Kier molecular flexibility index (Phi) is 3.63. The summed E-state index contributed by atoms with van der Waals surface area (Å²) < 4.78 is 0. The number of hydrogen-bond acceptors (Lipinski definition) is 2. The molecule has 0 atom stereocenters. The van der Waals surface area contributed by atoms with Crippen LogP contribution in [0.3, 0.4) is 0 Å². The Bertz CT molecular complexity index is 369. The minimum absolute atomic E-state index is 0.356. The molecule has 0 aliphatic heterocycles. The van der Waals surface area contributed by atoms with Gasteiger partial charge in [-0.1, -0.05) is 22.8 Å². The topological polar surface area (TPSA) is 52.0 Å². The van der Waals surface area contributed by atoms with E-state index >= 15 is 0 Å². The summed E-state index contributed by atoms with van der Waals surface area (Å²) in [4.78, 5) is 4.62. The minimum atomic E-state index is 0.356. The van der Waals surface area contributed by atoms with Crippen LogP contribution in [0.1, 0.15) is 5.56 Å². The molecule has 1 aromatic carbocycles. The van der Waals surface area contributed by atoms with E-state index < -0.39 is 0 Å². The van der Waals surface area contributed by atoms with E-state index in [4.69, 9.17) is 17.1 Å². The molecular weight excluding hydrogens is 200 g/mol. The Hall–Kier alpha value is -1.38. The van der Waals surface area contributed by atoms with Gasteiger partial charge < -0.3 is 4.90 Å². The van der Waals surface area contributed by atoms with E-state index in [1.165, 1.54) is 0 Å². The van der Waals surface area contributed by atoms with E-state index in [1.807, 2.05) is 31.1 Å². The summed E-state index contributed by atoms with van der Waals surface area (Å²) in [5, 5.41) is 4.19. The smallest absolute Gasteiger partial charge is 0.0639 e. The first-order chi connectivity index (χ1) is 6.65. The standard InChI is InChI=1S/C9H11ClN4/c1-14(2)9-5-7(6-12-13-11)3-4-8(9)10/h3-5H,6H2,1-2H3. The first kappa shape index (κ1) is 10.7. The lowest BCUT2D eigenvalue weighted by atomic mass is 10.2. The molecule has 0 aliphatic carbocycles. The van der Waals surface area contributed by atoms with Crippen molar-refractivity contribution in [3.63, 3.8) is 0 Å². The molecule has 4 nitrogen and oxygen atoms in total. The van der Waals surface area contributed by atoms with Crippen LogP contribution in [0.15, 0.2) is 23.3 Å². The lowest BCUT2D eigenvalue weighted by Crippen LogP contribution is -2.09. The zero-order chi connectivity index (χ0) is 10.6. The van der Waals surface area contributed by atoms with Crippen LogP contribution < -0.4 is 4.90 Å². The Morgan fingerprint density at radius 3 is 2.79 bits per heavy atom. The van der Waals surface area contributed by atoms with Crippen LogP contribution in [0.2, 0.25) is 5.02 Å². The molecule has 0 fully saturated rings. The molecule has 0 spiro atoms. The van der Waals surface area contributed by atoms with Crippen LogP contribution in [0, 0.1) is 0 Å². The highest BCUT2D eigenvalue weighted by Gasteiger charge is 2.02. The highest BCUT2D eigenvalue weighted by atomic mass is 35.5. The number of rotatable bonds is 3. The molecule has 1 rings (SSSR count). The van der Waals surface area contributed by atoms with Crippen LogP contribution in [0.25, 0.3) is 10.4 Å². The van der Waals surface area contributed by atoms with Crippen molar-refractivity contribution < 1.29 is 0 Å². The minimum Gasteiger partial charge on any atom is -0.376 e. The second-order valence-corrected chi connectivity index (χ2v) is 3.48. The van der Waals surface area contributed by atoms with Crippen molar-refractivity contribution in [2.75, 3.05) is 19.0 Å². The van der Waals surface area contributed by atoms with Crippen molar-refractivity contribution in [2.45, 2.75) is 6.54 Å². The molecule has 0 amide bonds. The molecule has 0 unspecified atom stereocenters. The summed E-state index contributed by atoms with van der Waals surface area (Å²) in [7, 11) is 3.83. The van der Waals surface area contributed by atoms with Gasteiger partial charge >= 0.3 is 0 Å². The predicted molar refractivity (Wildman–Crippen MR) is 58.6 cm³/mol. The van der Waals surface area contributed by atoms with Crippen LogP contribution >= 0.6 is 11.6 Å². The van der Waals surface area contributed by atoms with Crippen molar-refractivity contribution in [3.05, 3.63) is 39.2 Å². The SMILES string of the molecule is CN(C)c1cc(CN=[N+]=[N-])ccc1Cl. The quantitative estimate of drug-likeness (QED) is 0.429. The van der Waals surface area contributed by atoms with Crippen molar-refractivity contribution in [1.29, 1.82) is 0 Å². The monoisotopic (exact) mass is 210 g/mol. The fraction of sp³-hybridized carbons (Fsp3) is 0.333.